The molecule has 0 fully saturated rings. The van der Waals surface area contributed by atoms with Crippen molar-refractivity contribution in [1.82, 2.24) is 10.6 Å². The van der Waals surface area contributed by atoms with Gasteiger partial charge in [-0.15, -0.1) is 11.8 Å². The summed E-state index contributed by atoms with van der Waals surface area (Å²) < 4.78 is 0. The van der Waals surface area contributed by atoms with Gasteiger partial charge in [0.1, 0.15) is 17.6 Å². The Hall–Kier alpha value is -1.92. The van der Waals surface area contributed by atoms with Crippen molar-refractivity contribution in [3.63, 3.8) is 0 Å². The van der Waals surface area contributed by atoms with Gasteiger partial charge in [-0.2, -0.15) is 11.8 Å². The highest BCUT2D eigenvalue weighted by molar-refractivity contribution is 8.00. The molecule has 212 valence electrons. The molecular weight excluding hydrogens is 518 g/mol. The summed E-state index contributed by atoms with van der Waals surface area (Å²) in [4.78, 5) is 71.5. The van der Waals surface area contributed by atoms with Crippen LogP contribution in [0.25, 0.3) is 0 Å². The lowest BCUT2D eigenvalue weighted by Crippen LogP contribution is -2.42. The van der Waals surface area contributed by atoms with Crippen LogP contribution < -0.4 is 16.4 Å². The van der Waals surface area contributed by atoms with Crippen LogP contribution >= 0.6 is 23.5 Å². The van der Waals surface area contributed by atoms with Gasteiger partial charge in [0.25, 0.3) is 0 Å². The first-order valence-corrected chi connectivity index (χ1v) is 15.0. The minimum absolute atomic E-state index is 0.00636. The standard InChI is InChI=1S/C25H43N3O7S2/c1-5-8-22(31)21(28-23(32)15-37-14-20(26)25(34)35)10-7-6-9-19(30)13-36-12-18(11-17(4)29)24(33)27-16(2)3/h16,18,20-21H,5-15,26H2,1-4H3,(H,27,33)(H,28,32)(H,34,35)/t18-,20-,21-/m0/s1. The van der Waals surface area contributed by atoms with Gasteiger partial charge in [0.2, 0.25) is 11.8 Å². The molecule has 0 saturated heterocycles. The van der Waals surface area contributed by atoms with E-state index in [1.54, 1.807) is 0 Å². The van der Waals surface area contributed by atoms with E-state index in [1.807, 2.05) is 20.8 Å². The molecule has 0 aromatic carbocycles. The quantitative estimate of drug-likeness (QED) is 0.143. The first-order chi connectivity index (χ1) is 17.4. The van der Waals surface area contributed by atoms with E-state index in [4.69, 9.17) is 10.8 Å². The number of rotatable bonds is 22. The SMILES string of the molecule is CCCC(=O)[C@H](CCCCC(=O)CSC[C@H](CC(C)=O)C(=O)NC(C)C)NC(=O)CSC[C@H](N)C(=O)O. The van der Waals surface area contributed by atoms with E-state index in [9.17, 15) is 28.8 Å². The van der Waals surface area contributed by atoms with Crippen LogP contribution in [0, 0.1) is 5.92 Å². The average Bonchev–Trinajstić information content (AvgIpc) is 2.79. The molecule has 0 heterocycles. The van der Waals surface area contributed by atoms with Crippen molar-refractivity contribution in [3.05, 3.63) is 0 Å². The molecule has 10 nitrogen and oxygen atoms in total. The fraction of sp³-hybridized carbons (Fsp3) is 0.760. The Morgan fingerprint density at radius 1 is 0.919 bits per heavy atom. The Bertz CT molecular complexity index is 777. The summed E-state index contributed by atoms with van der Waals surface area (Å²) in [6.07, 6.45) is 3.03. The lowest BCUT2D eigenvalue weighted by atomic mass is 10.0. The van der Waals surface area contributed by atoms with Crippen LogP contribution in [-0.4, -0.2) is 81.4 Å². The van der Waals surface area contributed by atoms with E-state index in [1.165, 1.54) is 18.7 Å². The zero-order chi connectivity index (χ0) is 28.4. The third-order valence-corrected chi connectivity index (χ3v) is 7.41. The summed E-state index contributed by atoms with van der Waals surface area (Å²) >= 11 is 2.43. The number of hydrogen-bond acceptors (Lipinski definition) is 9. The van der Waals surface area contributed by atoms with Gasteiger partial charge in [0, 0.05) is 36.8 Å². The van der Waals surface area contributed by atoms with E-state index < -0.39 is 24.0 Å². The average molecular weight is 562 g/mol. The van der Waals surface area contributed by atoms with Gasteiger partial charge in [-0.3, -0.25) is 24.0 Å². The molecular formula is C25H43N3O7S2. The van der Waals surface area contributed by atoms with Crippen molar-refractivity contribution < 1.29 is 33.9 Å². The van der Waals surface area contributed by atoms with E-state index in [0.717, 1.165) is 11.8 Å². The van der Waals surface area contributed by atoms with Crippen molar-refractivity contribution in [2.45, 2.75) is 90.8 Å². The van der Waals surface area contributed by atoms with Crippen molar-refractivity contribution in [3.8, 4) is 0 Å². The largest absolute Gasteiger partial charge is 0.480 e. The summed E-state index contributed by atoms with van der Waals surface area (Å²) in [7, 11) is 0. The maximum Gasteiger partial charge on any atom is 0.321 e. The molecule has 0 aliphatic heterocycles. The van der Waals surface area contributed by atoms with Crippen LogP contribution in [0.2, 0.25) is 0 Å². The molecule has 0 spiro atoms. The Kier molecular flexibility index (Phi) is 19.1. The van der Waals surface area contributed by atoms with Gasteiger partial charge in [0.05, 0.1) is 23.5 Å². The molecule has 12 heteroatoms. The predicted octanol–water partition coefficient (Wildman–Crippen LogP) is 1.97. The number of carbonyl (C=O) groups is 6. The molecule has 0 aliphatic carbocycles. The zero-order valence-corrected chi connectivity index (χ0v) is 24.0. The van der Waals surface area contributed by atoms with Gasteiger partial charge in [0.15, 0.2) is 5.78 Å². The number of nitrogens with one attached hydrogen (secondary N) is 2. The van der Waals surface area contributed by atoms with Gasteiger partial charge in [-0.25, -0.2) is 0 Å². The molecule has 37 heavy (non-hydrogen) atoms. The van der Waals surface area contributed by atoms with Crippen LogP contribution in [-0.2, 0) is 28.8 Å². The number of aliphatic carboxylic acids is 1. The summed E-state index contributed by atoms with van der Waals surface area (Å²) in [5, 5.41) is 14.3. The molecule has 0 aromatic rings. The van der Waals surface area contributed by atoms with Gasteiger partial charge < -0.3 is 26.3 Å². The molecule has 0 bridgehead atoms. The summed E-state index contributed by atoms with van der Waals surface area (Å²) in [6.45, 7) is 7.02. The number of Topliss-reactive ketones (excluding diaryl/α,β-unsaturated/α-hetero) is 3. The number of nitrogens with two attached hydrogens (primary N) is 1. The number of carboxylic acids is 1. The second-order valence-corrected chi connectivity index (χ2v) is 11.4. The number of thioether (sulfide) groups is 2. The van der Waals surface area contributed by atoms with Crippen LogP contribution in [0.1, 0.15) is 72.6 Å². The zero-order valence-electron chi connectivity index (χ0n) is 22.4. The third-order valence-electron chi connectivity index (χ3n) is 5.18. The molecule has 0 radical (unpaired) electrons. The molecule has 0 aromatic heterocycles. The molecule has 0 aliphatic rings. The van der Waals surface area contributed by atoms with Crippen molar-refractivity contribution in [2.75, 3.05) is 23.0 Å². The Morgan fingerprint density at radius 2 is 1.57 bits per heavy atom. The molecule has 0 rings (SSSR count). The van der Waals surface area contributed by atoms with E-state index in [2.05, 4.69) is 10.6 Å². The first kappa shape index (κ1) is 35.1. The molecule has 2 amide bonds. The van der Waals surface area contributed by atoms with Crippen molar-refractivity contribution in [2.24, 2.45) is 11.7 Å². The Morgan fingerprint density at radius 3 is 2.14 bits per heavy atom. The third kappa shape index (κ3) is 18.1. The smallest absolute Gasteiger partial charge is 0.321 e. The summed E-state index contributed by atoms with van der Waals surface area (Å²) in [5.74, 6) is -1.52. The fourth-order valence-electron chi connectivity index (χ4n) is 3.35. The molecule has 0 unspecified atom stereocenters. The second-order valence-electron chi connectivity index (χ2n) is 9.36. The molecule has 0 saturated carbocycles. The highest BCUT2D eigenvalue weighted by atomic mass is 32.2. The van der Waals surface area contributed by atoms with Gasteiger partial charge in [-0.05, 0) is 40.0 Å². The van der Waals surface area contributed by atoms with Gasteiger partial charge in [-0.1, -0.05) is 13.3 Å². The highest BCUT2D eigenvalue weighted by Crippen LogP contribution is 2.16. The number of ketones is 3. The van der Waals surface area contributed by atoms with E-state index >= 15 is 0 Å². The number of unbranched alkanes of at least 4 members (excludes halogenated alkanes) is 1. The maximum absolute atomic E-state index is 12.4. The summed E-state index contributed by atoms with van der Waals surface area (Å²) in [5.41, 5.74) is 5.43. The number of carboxylic acid groups (broad SMARTS) is 1. The van der Waals surface area contributed by atoms with Crippen LogP contribution in [0.5, 0.6) is 0 Å². The summed E-state index contributed by atoms with van der Waals surface area (Å²) in [6, 6.07) is -1.72. The lowest BCUT2D eigenvalue weighted by molar-refractivity contribution is -0.138. The topological polar surface area (TPSA) is 173 Å². The number of carbonyl (C=O) groups excluding carboxylic acids is 5. The van der Waals surface area contributed by atoms with Crippen molar-refractivity contribution in [1.29, 1.82) is 0 Å². The van der Waals surface area contributed by atoms with Crippen LogP contribution in [0.3, 0.4) is 0 Å². The molecule has 3 atom stereocenters. The minimum Gasteiger partial charge on any atom is -0.480 e. The second kappa shape index (κ2) is 20.1. The number of hydrogen-bond donors (Lipinski definition) is 4. The Balaban J connectivity index is 4.50. The first-order valence-electron chi connectivity index (χ1n) is 12.6. The Labute approximate surface area is 228 Å². The van der Waals surface area contributed by atoms with Crippen LogP contribution in [0.4, 0.5) is 0 Å². The monoisotopic (exact) mass is 561 g/mol. The normalized spacial score (nSPS) is 13.5. The number of amides is 2. The minimum atomic E-state index is -1.13. The van der Waals surface area contributed by atoms with E-state index in [-0.39, 0.29) is 58.9 Å². The highest BCUT2D eigenvalue weighted by Gasteiger charge is 2.22. The van der Waals surface area contributed by atoms with E-state index in [0.29, 0.717) is 44.3 Å². The lowest BCUT2D eigenvalue weighted by Gasteiger charge is -2.18. The van der Waals surface area contributed by atoms with Gasteiger partial charge >= 0.3 is 5.97 Å². The molecule has 5 N–H and O–H groups in total. The van der Waals surface area contributed by atoms with Crippen molar-refractivity contribution >= 4 is 58.7 Å². The predicted molar refractivity (Wildman–Crippen MR) is 148 cm³/mol. The fourth-order valence-corrected chi connectivity index (χ4v) is 5.18. The van der Waals surface area contributed by atoms with Crippen LogP contribution in [0.15, 0.2) is 0 Å². The maximum atomic E-state index is 12.4.